The van der Waals surface area contributed by atoms with E-state index >= 15 is 0 Å². The summed E-state index contributed by atoms with van der Waals surface area (Å²) in [5, 5.41) is 6.13. The van der Waals surface area contributed by atoms with Gasteiger partial charge in [0, 0.05) is 16.2 Å². The summed E-state index contributed by atoms with van der Waals surface area (Å²) >= 11 is 3.42. The molecule has 0 aliphatic rings. The number of carbonyl (C=O) groups is 1. The minimum absolute atomic E-state index is 0.0373. The summed E-state index contributed by atoms with van der Waals surface area (Å²) in [4.78, 5) is 11.7. The first-order valence-corrected chi connectivity index (χ1v) is 7.11. The third-order valence-corrected chi connectivity index (χ3v) is 3.26. The first-order chi connectivity index (χ1) is 8.52. The summed E-state index contributed by atoms with van der Waals surface area (Å²) in [7, 11) is 0. The summed E-state index contributed by atoms with van der Waals surface area (Å²) in [5.41, 5.74) is 2.12. The Kier molecular flexibility index (Phi) is 6.19. The highest BCUT2D eigenvalue weighted by Gasteiger charge is 2.07. The van der Waals surface area contributed by atoms with Gasteiger partial charge in [0.15, 0.2) is 0 Å². The van der Waals surface area contributed by atoms with E-state index in [4.69, 9.17) is 0 Å². The van der Waals surface area contributed by atoms with Crippen LogP contribution in [0.4, 0.5) is 5.69 Å². The number of anilines is 1. The molecule has 1 amide bonds. The van der Waals surface area contributed by atoms with Gasteiger partial charge in [-0.25, -0.2) is 0 Å². The molecule has 18 heavy (non-hydrogen) atoms. The Balaban J connectivity index is 2.45. The molecule has 1 aromatic carbocycles. The van der Waals surface area contributed by atoms with E-state index in [1.807, 2.05) is 32.0 Å². The van der Waals surface area contributed by atoms with Crippen LogP contribution in [0.15, 0.2) is 22.7 Å². The monoisotopic (exact) mass is 312 g/mol. The molecule has 2 N–H and O–H groups in total. The van der Waals surface area contributed by atoms with Gasteiger partial charge in [-0.2, -0.15) is 0 Å². The van der Waals surface area contributed by atoms with E-state index in [-0.39, 0.29) is 11.9 Å². The fourth-order valence-corrected chi connectivity index (χ4v) is 2.15. The number of amides is 1. The predicted octanol–water partition coefficient (Wildman–Crippen LogP) is 3.47. The molecule has 1 rings (SSSR count). The van der Waals surface area contributed by atoms with E-state index in [2.05, 4.69) is 33.5 Å². The third kappa shape index (κ3) is 5.08. The standard InChI is InChI=1S/C14H21BrN2O/c1-4-5-11(3)17-14(18)9-16-13-8-12(15)7-6-10(13)2/h6-8,11,16H,4-5,9H2,1-3H3,(H,17,18). The lowest BCUT2D eigenvalue weighted by atomic mass is 10.2. The molecule has 0 saturated heterocycles. The average Bonchev–Trinajstić information content (AvgIpc) is 2.30. The molecule has 1 unspecified atom stereocenters. The van der Waals surface area contributed by atoms with E-state index in [9.17, 15) is 4.79 Å². The Bertz CT molecular complexity index is 407. The molecule has 0 aliphatic carbocycles. The van der Waals surface area contributed by atoms with Crippen LogP contribution in [-0.2, 0) is 4.79 Å². The minimum atomic E-state index is 0.0373. The van der Waals surface area contributed by atoms with E-state index in [1.165, 1.54) is 0 Å². The second-order valence-corrected chi connectivity index (χ2v) is 5.49. The van der Waals surface area contributed by atoms with Gasteiger partial charge in [-0.05, 0) is 38.0 Å². The number of rotatable bonds is 6. The maximum Gasteiger partial charge on any atom is 0.239 e. The van der Waals surface area contributed by atoms with Crippen molar-refractivity contribution in [2.75, 3.05) is 11.9 Å². The van der Waals surface area contributed by atoms with Crippen LogP contribution >= 0.6 is 15.9 Å². The van der Waals surface area contributed by atoms with Crippen LogP contribution in [-0.4, -0.2) is 18.5 Å². The Morgan fingerprint density at radius 3 is 2.83 bits per heavy atom. The largest absolute Gasteiger partial charge is 0.376 e. The van der Waals surface area contributed by atoms with Crippen LogP contribution in [0.1, 0.15) is 32.3 Å². The van der Waals surface area contributed by atoms with Crippen molar-refractivity contribution >= 4 is 27.5 Å². The number of aryl methyl sites for hydroxylation is 1. The molecule has 0 saturated carbocycles. The van der Waals surface area contributed by atoms with Crippen molar-refractivity contribution in [1.82, 2.24) is 5.32 Å². The van der Waals surface area contributed by atoms with Gasteiger partial charge in [-0.3, -0.25) is 4.79 Å². The van der Waals surface area contributed by atoms with E-state index in [0.717, 1.165) is 28.6 Å². The lowest BCUT2D eigenvalue weighted by Crippen LogP contribution is -2.36. The van der Waals surface area contributed by atoms with Crippen molar-refractivity contribution in [1.29, 1.82) is 0 Å². The Morgan fingerprint density at radius 1 is 1.44 bits per heavy atom. The van der Waals surface area contributed by atoms with Gasteiger partial charge in [0.2, 0.25) is 5.91 Å². The molecular weight excluding hydrogens is 292 g/mol. The fourth-order valence-electron chi connectivity index (χ4n) is 1.79. The molecular formula is C14H21BrN2O. The third-order valence-electron chi connectivity index (χ3n) is 2.77. The molecule has 0 aromatic heterocycles. The zero-order valence-electron chi connectivity index (χ0n) is 11.2. The molecule has 3 nitrogen and oxygen atoms in total. The first-order valence-electron chi connectivity index (χ1n) is 6.32. The van der Waals surface area contributed by atoms with Crippen molar-refractivity contribution in [3.63, 3.8) is 0 Å². The van der Waals surface area contributed by atoms with Crippen LogP contribution < -0.4 is 10.6 Å². The van der Waals surface area contributed by atoms with Crippen molar-refractivity contribution in [2.45, 2.75) is 39.7 Å². The van der Waals surface area contributed by atoms with E-state index < -0.39 is 0 Å². The second kappa shape index (κ2) is 7.41. The fraction of sp³-hybridized carbons (Fsp3) is 0.500. The van der Waals surface area contributed by atoms with Gasteiger partial charge < -0.3 is 10.6 Å². The van der Waals surface area contributed by atoms with Crippen LogP contribution in [0.2, 0.25) is 0 Å². The highest BCUT2D eigenvalue weighted by molar-refractivity contribution is 9.10. The first kappa shape index (κ1) is 15.0. The quantitative estimate of drug-likeness (QED) is 0.844. The topological polar surface area (TPSA) is 41.1 Å². The predicted molar refractivity (Wildman–Crippen MR) is 79.9 cm³/mol. The normalized spacial score (nSPS) is 12.0. The molecule has 0 heterocycles. The molecule has 100 valence electrons. The molecule has 1 aromatic rings. The zero-order valence-corrected chi connectivity index (χ0v) is 12.8. The molecule has 0 bridgehead atoms. The zero-order chi connectivity index (χ0) is 13.5. The molecule has 0 fully saturated rings. The number of nitrogens with one attached hydrogen (secondary N) is 2. The SMILES string of the molecule is CCCC(C)NC(=O)CNc1cc(Br)ccc1C. The highest BCUT2D eigenvalue weighted by atomic mass is 79.9. The maximum atomic E-state index is 11.7. The van der Waals surface area contributed by atoms with Crippen LogP contribution in [0.25, 0.3) is 0 Å². The van der Waals surface area contributed by atoms with Gasteiger partial charge >= 0.3 is 0 Å². The van der Waals surface area contributed by atoms with Gasteiger partial charge in [0.1, 0.15) is 0 Å². The van der Waals surface area contributed by atoms with Gasteiger partial charge in [0.25, 0.3) is 0 Å². The van der Waals surface area contributed by atoms with Gasteiger partial charge in [0.05, 0.1) is 6.54 Å². The summed E-state index contributed by atoms with van der Waals surface area (Å²) in [5.74, 6) is 0.0373. The van der Waals surface area contributed by atoms with Crippen LogP contribution in [0.5, 0.6) is 0 Å². The van der Waals surface area contributed by atoms with Crippen LogP contribution in [0, 0.1) is 6.92 Å². The van der Waals surface area contributed by atoms with Crippen molar-refractivity contribution < 1.29 is 4.79 Å². The minimum Gasteiger partial charge on any atom is -0.376 e. The van der Waals surface area contributed by atoms with E-state index in [1.54, 1.807) is 0 Å². The second-order valence-electron chi connectivity index (χ2n) is 4.57. The lowest BCUT2D eigenvalue weighted by molar-refractivity contribution is -0.120. The average molecular weight is 313 g/mol. The Hall–Kier alpha value is -1.03. The smallest absolute Gasteiger partial charge is 0.239 e. The number of benzene rings is 1. The van der Waals surface area contributed by atoms with Crippen molar-refractivity contribution in [3.8, 4) is 0 Å². The molecule has 1 atom stereocenters. The molecule has 0 aliphatic heterocycles. The summed E-state index contributed by atoms with van der Waals surface area (Å²) < 4.78 is 1.01. The highest BCUT2D eigenvalue weighted by Crippen LogP contribution is 2.20. The summed E-state index contributed by atoms with van der Waals surface area (Å²) in [6.45, 7) is 6.48. The number of halogens is 1. The number of hydrogen-bond donors (Lipinski definition) is 2. The van der Waals surface area contributed by atoms with Crippen molar-refractivity contribution in [3.05, 3.63) is 28.2 Å². The Morgan fingerprint density at radius 2 is 2.17 bits per heavy atom. The van der Waals surface area contributed by atoms with Crippen LogP contribution in [0.3, 0.4) is 0 Å². The Labute approximate surface area is 117 Å². The molecule has 0 spiro atoms. The summed E-state index contributed by atoms with van der Waals surface area (Å²) in [6.07, 6.45) is 2.10. The van der Waals surface area contributed by atoms with Crippen molar-refractivity contribution in [2.24, 2.45) is 0 Å². The number of hydrogen-bond acceptors (Lipinski definition) is 2. The van der Waals surface area contributed by atoms with Gasteiger partial charge in [-0.1, -0.05) is 35.3 Å². The molecule has 4 heteroatoms. The maximum absolute atomic E-state index is 11.7. The van der Waals surface area contributed by atoms with E-state index in [0.29, 0.717) is 6.54 Å². The lowest BCUT2D eigenvalue weighted by Gasteiger charge is -2.14. The summed E-state index contributed by atoms with van der Waals surface area (Å²) in [6, 6.07) is 6.24. The molecule has 0 radical (unpaired) electrons. The number of carbonyl (C=O) groups excluding carboxylic acids is 1. The van der Waals surface area contributed by atoms with Gasteiger partial charge in [-0.15, -0.1) is 0 Å².